The predicted molar refractivity (Wildman–Crippen MR) is 95.6 cm³/mol. The van der Waals surface area contributed by atoms with Crippen LogP contribution < -0.4 is 5.32 Å². The molecule has 0 aliphatic heterocycles. The van der Waals surface area contributed by atoms with Crippen LogP contribution in [0.15, 0.2) is 47.8 Å². The second-order valence-corrected chi connectivity index (χ2v) is 6.62. The Morgan fingerprint density at radius 1 is 1.17 bits per heavy atom. The van der Waals surface area contributed by atoms with Crippen LogP contribution in [0.5, 0.6) is 0 Å². The van der Waals surface area contributed by atoms with Gasteiger partial charge in [0.2, 0.25) is 0 Å². The number of rotatable bonds is 5. The first kappa shape index (κ1) is 15.2. The fourth-order valence-corrected chi connectivity index (χ4v) is 2.96. The van der Waals surface area contributed by atoms with Gasteiger partial charge in [-0.15, -0.1) is 0 Å². The highest BCUT2D eigenvalue weighted by molar-refractivity contribution is 7.98. The van der Waals surface area contributed by atoms with Gasteiger partial charge >= 0.3 is 0 Å². The van der Waals surface area contributed by atoms with Gasteiger partial charge in [0.15, 0.2) is 5.16 Å². The van der Waals surface area contributed by atoms with Crippen LogP contribution in [0, 0.1) is 5.82 Å². The molecule has 0 amide bonds. The van der Waals surface area contributed by atoms with Crippen molar-refractivity contribution in [1.82, 2.24) is 15.0 Å². The van der Waals surface area contributed by atoms with Crippen LogP contribution in [0.3, 0.4) is 0 Å². The average molecular weight is 340 g/mol. The molecule has 2 heterocycles. The molecule has 122 valence electrons. The van der Waals surface area contributed by atoms with Crippen molar-refractivity contribution in [3.8, 4) is 22.5 Å². The summed E-state index contributed by atoms with van der Waals surface area (Å²) in [6, 6.07) is 11.0. The maximum absolute atomic E-state index is 13.2. The molecule has 1 fully saturated rings. The van der Waals surface area contributed by atoms with Crippen molar-refractivity contribution < 1.29 is 4.39 Å². The second kappa shape index (κ2) is 6.28. The van der Waals surface area contributed by atoms with Crippen molar-refractivity contribution in [2.45, 2.75) is 24.0 Å². The molecule has 24 heavy (non-hydrogen) atoms. The Bertz CT molecular complexity index is 856. The van der Waals surface area contributed by atoms with Gasteiger partial charge in [0.1, 0.15) is 11.6 Å². The second-order valence-electron chi connectivity index (χ2n) is 5.82. The minimum Gasteiger partial charge on any atom is -0.367 e. The van der Waals surface area contributed by atoms with Crippen LogP contribution >= 0.6 is 11.8 Å². The number of pyridine rings is 1. The standard InChI is InChI=1S/C18H17FN4S/c1-24-18-22-16(11-2-4-13(19)5-3-11)17(23-18)12-8-9-20-15(10-12)21-14-6-7-14/h2-5,8-10,14H,6-7H2,1H3,(H,20,21)(H,22,23). The van der Waals surface area contributed by atoms with Crippen LogP contribution in [0.1, 0.15) is 12.8 Å². The zero-order chi connectivity index (χ0) is 16.5. The number of aromatic nitrogens is 3. The molecule has 1 saturated carbocycles. The van der Waals surface area contributed by atoms with Gasteiger partial charge in [-0.1, -0.05) is 11.8 Å². The van der Waals surface area contributed by atoms with Crippen LogP contribution in [-0.2, 0) is 0 Å². The van der Waals surface area contributed by atoms with E-state index < -0.39 is 0 Å². The summed E-state index contributed by atoms with van der Waals surface area (Å²) in [6.07, 6.45) is 6.17. The summed E-state index contributed by atoms with van der Waals surface area (Å²) in [5, 5.41) is 4.24. The number of anilines is 1. The Balaban J connectivity index is 1.76. The number of hydrogen-bond acceptors (Lipinski definition) is 4. The largest absolute Gasteiger partial charge is 0.367 e. The molecule has 3 aromatic rings. The Labute approximate surface area is 143 Å². The van der Waals surface area contributed by atoms with Gasteiger partial charge in [0.25, 0.3) is 0 Å². The van der Waals surface area contributed by atoms with Crippen molar-refractivity contribution >= 4 is 17.6 Å². The summed E-state index contributed by atoms with van der Waals surface area (Å²) in [4.78, 5) is 12.4. The molecule has 1 aliphatic rings. The highest BCUT2D eigenvalue weighted by atomic mass is 32.2. The minimum absolute atomic E-state index is 0.246. The highest BCUT2D eigenvalue weighted by Gasteiger charge is 2.22. The molecule has 6 heteroatoms. The fourth-order valence-electron chi connectivity index (χ4n) is 2.58. The highest BCUT2D eigenvalue weighted by Crippen LogP contribution is 2.33. The van der Waals surface area contributed by atoms with E-state index >= 15 is 0 Å². The molecular weight excluding hydrogens is 323 g/mol. The van der Waals surface area contributed by atoms with Gasteiger partial charge in [-0.2, -0.15) is 0 Å². The Kier molecular flexibility index (Phi) is 3.98. The predicted octanol–water partition coefficient (Wildman–Crippen LogP) is 4.57. The van der Waals surface area contributed by atoms with E-state index in [0.717, 1.165) is 33.5 Å². The molecule has 0 unspecified atom stereocenters. The quantitative estimate of drug-likeness (QED) is 0.668. The summed E-state index contributed by atoms with van der Waals surface area (Å²) < 4.78 is 13.2. The molecule has 1 aromatic carbocycles. The lowest BCUT2D eigenvalue weighted by Crippen LogP contribution is -2.02. The maximum atomic E-state index is 13.2. The van der Waals surface area contributed by atoms with Crippen LogP contribution in [0.4, 0.5) is 10.2 Å². The topological polar surface area (TPSA) is 53.6 Å². The van der Waals surface area contributed by atoms with Crippen molar-refractivity contribution in [1.29, 1.82) is 0 Å². The third kappa shape index (κ3) is 3.14. The first-order chi connectivity index (χ1) is 11.7. The summed E-state index contributed by atoms with van der Waals surface area (Å²) in [6.45, 7) is 0. The molecule has 4 nitrogen and oxygen atoms in total. The summed E-state index contributed by atoms with van der Waals surface area (Å²) in [5.41, 5.74) is 3.65. The smallest absolute Gasteiger partial charge is 0.166 e. The van der Waals surface area contributed by atoms with E-state index in [1.165, 1.54) is 25.0 Å². The van der Waals surface area contributed by atoms with E-state index in [4.69, 9.17) is 4.98 Å². The van der Waals surface area contributed by atoms with Crippen LogP contribution in [0.2, 0.25) is 0 Å². The van der Waals surface area contributed by atoms with Crippen LogP contribution in [-0.4, -0.2) is 27.2 Å². The number of hydrogen-bond donors (Lipinski definition) is 2. The number of thioether (sulfide) groups is 1. The zero-order valence-electron chi connectivity index (χ0n) is 13.2. The average Bonchev–Trinajstić information content (AvgIpc) is 3.31. The lowest BCUT2D eigenvalue weighted by Gasteiger charge is -2.07. The molecule has 0 radical (unpaired) electrons. The molecule has 0 spiro atoms. The molecule has 2 N–H and O–H groups in total. The van der Waals surface area contributed by atoms with Crippen molar-refractivity contribution in [3.05, 3.63) is 48.4 Å². The first-order valence-electron chi connectivity index (χ1n) is 7.86. The number of aromatic amines is 1. The molecular formula is C18H17FN4S. The number of halogens is 1. The maximum Gasteiger partial charge on any atom is 0.166 e. The van der Waals surface area contributed by atoms with Gasteiger partial charge in [-0.05, 0) is 55.5 Å². The molecule has 1 aliphatic carbocycles. The van der Waals surface area contributed by atoms with Crippen molar-refractivity contribution in [3.63, 3.8) is 0 Å². The molecule has 0 atom stereocenters. The van der Waals surface area contributed by atoms with Gasteiger partial charge in [-0.25, -0.2) is 14.4 Å². The van der Waals surface area contributed by atoms with E-state index in [-0.39, 0.29) is 5.82 Å². The third-order valence-corrected chi connectivity index (χ3v) is 4.55. The molecule has 4 rings (SSSR count). The number of imidazole rings is 1. The Morgan fingerprint density at radius 2 is 1.96 bits per heavy atom. The van der Waals surface area contributed by atoms with E-state index in [2.05, 4.69) is 15.3 Å². The van der Waals surface area contributed by atoms with Crippen molar-refractivity contribution in [2.24, 2.45) is 0 Å². The summed E-state index contributed by atoms with van der Waals surface area (Å²) >= 11 is 1.55. The zero-order valence-corrected chi connectivity index (χ0v) is 14.0. The normalized spacial score (nSPS) is 13.9. The van der Waals surface area contributed by atoms with E-state index in [9.17, 15) is 4.39 Å². The molecule has 0 bridgehead atoms. The Hall–Kier alpha value is -2.34. The van der Waals surface area contributed by atoms with Gasteiger partial charge in [0.05, 0.1) is 11.4 Å². The minimum atomic E-state index is -0.246. The lowest BCUT2D eigenvalue weighted by atomic mass is 10.1. The fraction of sp³-hybridized carbons (Fsp3) is 0.222. The number of nitrogens with one attached hydrogen (secondary N) is 2. The van der Waals surface area contributed by atoms with E-state index in [0.29, 0.717) is 6.04 Å². The van der Waals surface area contributed by atoms with Gasteiger partial charge in [-0.3, -0.25) is 0 Å². The number of nitrogens with zero attached hydrogens (tertiary/aromatic N) is 2. The number of benzene rings is 1. The SMILES string of the molecule is CSc1nc(-c2ccnc(NC3CC3)c2)c(-c2ccc(F)cc2)[nH]1. The molecule has 2 aromatic heterocycles. The van der Waals surface area contributed by atoms with E-state index in [1.807, 2.05) is 18.4 Å². The number of H-pyrrole nitrogens is 1. The van der Waals surface area contributed by atoms with Crippen molar-refractivity contribution in [2.75, 3.05) is 11.6 Å². The lowest BCUT2D eigenvalue weighted by molar-refractivity contribution is 0.628. The molecule has 0 saturated heterocycles. The van der Waals surface area contributed by atoms with Crippen LogP contribution in [0.25, 0.3) is 22.5 Å². The summed E-state index contributed by atoms with van der Waals surface area (Å²) in [5.74, 6) is 0.624. The van der Waals surface area contributed by atoms with Gasteiger partial charge in [0, 0.05) is 23.4 Å². The van der Waals surface area contributed by atoms with E-state index in [1.54, 1.807) is 30.1 Å². The third-order valence-electron chi connectivity index (χ3n) is 3.97. The summed E-state index contributed by atoms with van der Waals surface area (Å²) in [7, 11) is 0. The monoisotopic (exact) mass is 340 g/mol. The Morgan fingerprint density at radius 3 is 2.67 bits per heavy atom. The first-order valence-corrected chi connectivity index (χ1v) is 9.08. The van der Waals surface area contributed by atoms with Gasteiger partial charge < -0.3 is 10.3 Å².